The topological polar surface area (TPSA) is 77.8 Å². The molecule has 3 N–H and O–H groups in total. The summed E-state index contributed by atoms with van der Waals surface area (Å²) in [6.07, 6.45) is 16.0. The fourth-order valence-electron chi connectivity index (χ4n) is 3.34. The molecule has 0 fully saturated rings. The second-order valence-corrected chi connectivity index (χ2v) is 7.56. The van der Waals surface area contributed by atoms with Crippen molar-refractivity contribution >= 4 is 5.97 Å². The van der Waals surface area contributed by atoms with Gasteiger partial charge >= 0.3 is 5.97 Å². The summed E-state index contributed by atoms with van der Waals surface area (Å²) in [4.78, 5) is 11.1. The largest absolute Gasteiger partial charge is 0.481 e. The van der Waals surface area contributed by atoms with Crippen LogP contribution < -0.4 is 0 Å². The summed E-state index contributed by atoms with van der Waals surface area (Å²) in [5.41, 5.74) is 0. The first-order valence-corrected chi connectivity index (χ1v) is 10.6. The molecule has 0 aromatic heterocycles. The number of carboxylic acids is 1. The molecular weight excluding hydrogens is 316 g/mol. The molecule has 0 aromatic carbocycles. The molecule has 150 valence electrons. The molecule has 0 radical (unpaired) electrons. The van der Waals surface area contributed by atoms with Gasteiger partial charge in [-0.25, -0.2) is 0 Å². The molecule has 4 nitrogen and oxygen atoms in total. The monoisotopic (exact) mass is 358 g/mol. The smallest absolute Gasteiger partial charge is 0.309 e. The van der Waals surface area contributed by atoms with Crippen LogP contribution in [-0.2, 0) is 4.79 Å². The summed E-state index contributed by atoms with van der Waals surface area (Å²) in [6, 6.07) is 0. The van der Waals surface area contributed by atoms with Gasteiger partial charge < -0.3 is 15.3 Å². The number of aliphatic hydroxyl groups excluding tert-OH is 2. The van der Waals surface area contributed by atoms with E-state index in [1.54, 1.807) is 0 Å². The molecule has 4 heteroatoms. The quantitative estimate of drug-likeness (QED) is 0.291. The average molecular weight is 359 g/mol. The lowest BCUT2D eigenvalue weighted by molar-refractivity contribution is -0.149. The Balaban J connectivity index is 3.42. The van der Waals surface area contributed by atoms with Crippen molar-refractivity contribution in [1.82, 2.24) is 0 Å². The Labute approximate surface area is 155 Å². The lowest BCUT2D eigenvalue weighted by Gasteiger charge is -2.21. The van der Waals surface area contributed by atoms with Gasteiger partial charge in [0, 0.05) is 0 Å². The third-order valence-electron chi connectivity index (χ3n) is 5.09. The van der Waals surface area contributed by atoms with Crippen molar-refractivity contribution in [1.29, 1.82) is 0 Å². The zero-order chi connectivity index (χ0) is 18.9. The molecule has 0 spiro atoms. The predicted molar refractivity (Wildman–Crippen MR) is 104 cm³/mol. The summed E-state index contributed by atoms with van der Waals surface area (Å²) < 4.78 is 0. The van der Waals surface area contributed by atoms with Gasteiger partial charge in [-0.15, -0.1) is 0 Å². The van der Waals surface area contributed by atoms with E-state index in [2.05, 4.69) is 6.92 Å². The summed E-state index contributed by atoms with van der Waals surface area (Å²) in [7, 11) is 0. The lowest BCUT2D eigenvalue weighted by atomic mass is 9.92. The highest BCUT2D eigenvalue weighted by atomic mass is 16.4. The summed E-state index contributed by atoms with van der Waals surface area (Å²) in [6.45, 7) is 3.69. The number of rotatable bonds is 18. The molecule has 0 aliphatic carbocycles. The van der Waals surface area contributed by atoms with Crippen LogP contribution in [0.15, 0.2) is 0 Å². The van der Waals surface area contributed by atoms with E-state index >= 15 is 0 Å². The molecular formula is C21H42O4. The lowest BCUT2D eigenvalue weighted by Crippen LogP contribution is -2.36. The van der Waals surface area contributed by atoms with Gasteiger partial charge in [0.15, 0.2) is 0 Å². The highest BCUT2D eigenvalue weighted by molar-refractivity contribution is 5.70. The first-order chi connectivity index (χ1) is 12.0. The molecule has 0 amide bonds. The molecule has 0 saturated heterocycles. The molecule has 0 heterocycles. The summed E-state index contributed by atoms with van der Waals surface area (Å²) >= 11 is 0. The SMILES string of the molecule is CCCCCCCCCCCCCCCCC(C(=O)O)C(O)C(C)O. The Bertz CT molecular complexity index is 304. The van der Waals surface area contributed by atoms with Crippen LogP contribution in [0.3, 0.4) is 0 Å². The molecule has 25 heavy (non-hydrogen) atoms. The van der Waals surface area contributed by atoms with E-state index in [4.69, 9.17) is 5.11 Å². The van der Waals surface area contributed by atoms with Crippen LogP contribution in [0, 0.1) is 5.92 Å². The summed E-state index contributed by atoms with van der Waals surface area (Å²) in [5, 5.41) is 28.2. The van der Waals surface area contributed by atoms with E-state index in [0.29, 0.717) is 6.42 Å². The number of aliphatic hydroxyl groups is 2. The van der Waals surface area contributed by atoms with Crippen molar-refractivity contribution in [3.8, 4) is 0 Å². The highest BCUT2D eigenvalue weighted by Gasteiger charge is 2.29. The molecule has 0 saturated carbocycles. The maximum atomic E-state index is 11.1. The number of aliphatic carboxylic acids is 1. The fourth-order valence-corrected chi connectivity index (χ4v) is 3.34. The Morgan fingerprint density at radius 3 is 1.40 bits per heavy atom. The van der Waals surface area contributed by atoms with Gasteiger partial charge in [-0.05, 0) is 13.3 Å². The Kier molecular flexibility index (Phi) is 16.4. The Hall–Kier alpha value is -0.610. The van der Waals surface area contributed by atoms with Crippen molar-refractivity contribution in [3.63, 3.8) is 0 Å². The van der Waals surface area contributed by atoms with E-state index in [0.717, 1.165) is 19.3 Å². The van der Waals surface area contributed by atoms with Crippen LogP contribution in [0.25, 0.3) is 0 Å². The Morgan fingerprint density at radius 2 is 1.08 bits per heavy atom. The number of carboxylic acid groups (broad SMARTS) is 1. The first-order valence-electron chi connectivity index (χ1n) is 10.6. The van der Waals surface area contributed by atoms with E-state index in [-0.39, 0.29) is 0 Å². The molecule has 0 aliphatic heterocycles. The minimum absolute atomic E-state index is 0.444. The number of unbranched alkanes of at least 4 members (excludes halogenated alkanes) is 13. The van der Waals surface area contributed by atoms with Crippen LogP contribution in [0.1, 0.15) is 110 Å². The van der Waals surface area contributed by atoms with Crippen molar-refractivity contribution in [2.45, 2.75) is 122 Å². The number of carbonyl (C=O) groups is 1. The van der Waals surface area contributed by atoms with Gasteiger partial charge in [0.05, 0.1) is 18.1 Å². The second-order valence-electron chi connectivity index (χ2n) is 7.56. The van der Waals surface area contributed by atoms with Gasteiger partial charge in [-0.1, -0.05) is 96.8 Å². The van der Waals surface area contributed by atoms with E-state index in [9.17, 15) is 15.0 Å². The highest BCUT2D eigenvalue weighted by Crippen LogP contribution is 2.18. The van der Waals surface area contributed by atoms with Gasteiger partial charge in [-0.3, -0.25) is 4.79 Å². The van der Waals surface area contributed by atoms with Crippen LogP contribution in [-0.4, -0.2) is 33.5 Å². The predicted octanol–water partition coefficient (Wildman–Crippen LogP) is 5.30. The van der Waals surface area contributed by atoms with Crippen LogP contribution in [0.2, 0.25) is 0 Å². The minimum Gasteiger partial charge on any atom is -0.481 e. The van der Waals surface area contributed by atoms with Crippen molar-refractivity contribution in [2.24, 2.45) is 5.92 Å². The van der Waals surface area contributed by atoms with Crippen LogP contribution in [0.4, 0.5) is 0 Å². The van der Waals surface area contributed by atoms with Crippen molar-refractivity contribution in [3.05, 3.63) is 0 Å². The third-order valence-corrected chi connectivity index (χ3v) is 5.09. The van der Waals surface area contributed by atoms with Gasteiger partial charge in [0.1, 0.15) is 0 Å². The van der Waals surface area contributed by atoms with Crippen molar-refractivity contribution < 1.29 is 20.1 Å². The summed E-state index contributed by atoms with van der Waals surface area (Å²) in [5.74, 6) is -1.86. The average Bonchev–Trinajstić information content (AvgIpc) is 2.57. The maximum absolute atomic E-state index is 11.1. The fraction of sp³-hybridized carbons (Fsp3) is 0.952. The molecule has 0 aliphatic rings. The van der Waals surface area contributed by atoms with E-state index < -0.39 is 24.1 Å². The normalized spacial score (nSPS) is 15.0. The Morgan fingerprint density at radius 1 is 0.720 bits per heavy atom. The number of hydrogen-bond acceptors (Lipinski definition) is 3. The standard InChI is InChI=1S/C21H42O4/c1-3-4-5-6-7-8-9-10-11-12-13-14-15-16-17-19(21(24)25)20(23)18(2)22/h18-20,22-23H,3-17H2,1-2H3,(H,24,25). The zero-order valence-corrected chi connectivity index (χ0v) is 16.6. The number of hydrogen-bond donors (Lipinski definition) is 3. The van der Waals surface area contributed by atoms with Gasteiger partial charge in [0.2, 0.25) is 0 Å². The molecule has 0 rings (SSSR count). The van der Waals surface area contributed by atoms with Gasteiger partial charge in [0.25, 0.3) is 0 Å². The van der Waals surface area contributed by atoms with Gasteiger partial charge in [-0.2, -0.15) is 0 Å². The van der Waals surface area contributed by atoms with Crippen molar-refractivity contribution in [2.75, 3.05) is 0 Å². The second kappa shape index (κ2) is 16.8. The molecule has 3 unspecified atom stereocenters. The first kappa shape index (κ1) is 24.4. The van der Waals surface area contributed by atoms with E-state index in [1.165, 1.54) is 77.6 Å². The minimum atomic E-state index is -1.17. The maximum Gasteiger partial charge on any atom is 0.309 e. The molecule has 0 aromatic rings. The third kappa shape index (κ3) is 14.3. The zero-order valence-electron chi connectivity index (χ0n) is 16.6. The van der Waals surface area contributed by atoms with Crippen LogP contribution >= 0.6 is 0 Å². The molecule has 3 atom stereocenters. The molecule has 0 bridgehead atoms. The van der Waals surface area contributed by atoms with E-state index in [1.807, 2.05) is 0 Å². The van der Waals surface area contributed by atoms with Crippen LogP contribution in [0.5, 0.6) is 0 Å².